The predicted molar refractivity (Wildman–Crippen MR) is 62.3 cm³/mol. The quantitative estimate of drug-likeness (QED) is 0.811. The van der Waals surface area contributed by atoms with Crippen molar-refractivity contribution in [2.24, 2.45) is 0 Å². The molecule has 1 aromatic heterocycles. The molecule has 0 spiro atoms. The highest BCUT2D eigenvalue weighted by Crippen LogP contribution is 2.17. The molecule has 0 bridgehead atoms. The Morgan fingerprint density at radius 1 is 1.60 bits per heavy atom. The fraction of sp³-hybridized carbons (Fsp3) is 0.545. The largest absolute Gasteiger partial charge is 0.480 e. The molecular formula is C11H17NO2S. The van der Waals surface area contributed by atoms with E-state index in [1.54, 1.807) is 11.3 Å². The highest BCUT2D eigenvalue weighted by atomic mass is 32.1. The number of carboxylic acid groups (broad SMARTS) is 1. The Morgan fingerprint density at radius 2 is 2.33 bits per heavy atom. The molecule has 0 unspecified atom stereocenters. The molecule has 0 amide bonds. The lowest BCUT2D eigenvalue weighted by Crippen LogP contribution is -2.29. The van der Waals surface area contributed by atoms with Crippen LogP contribution in [0.25, 0.3) is 0 Å². The van der Waals surface area contributed by atoms with E-state index in [4.69, 9.17) is 5.11 Å². The molecule has 15 heavy (non-hydrogen) atoms. The minimum absolute atomic E-state index is 0.130. The van der Waals surface area contributed by atoms with Gasteiger partial charge in [-0.25, -0.2) is 0 Å². The summed E-state index contributed by atoms with van der Waals surface area (Å²) in [5.74, 6) is -0.752. The summed E-state index contributed by atoms with van der Waals surface area (Å²) in [7, 11) is 0. The van der Waals surface area contributed by atoms with E-state index in [9.17, 15) is 4.79 Å². The van der Waals surface area contributed by atoms with Crippen molar-refractivity contribution < 1.29 is 9.90 Å². The summed E-state index contributed by atoms with van der Waals surface area (Å²) >= 11 is 1.70. The van der Waals surface area contributed by atoms with Crippen molar-refractivity contribution in [3.05, 3.63) is 21.9 Å². The molecule has 3 nitrogen and oxygen atoms in total. The third-order valence-corrected chi connectivity index (χ3v) is 3.24. The van der Waals surface area contributed by atoms with Gasteiger partial charge in [-0.3, -0.25) is 9.69 Å². The normalized spacial score (nSPS) is 10.9. The molecule has 1 rings (SSSR count). The van der Waals surface area contributed by atoms with Gasteiger partial charge in [-0.2, -0.15) is 0 Å². The van der Waals surface area contributed by atoms with Gasteiger partial charge in [0.15, 0.2) is 0 Å². The standard InChI is InChI=1S/C11H17NO2S/c1-3-5-12(8-11(13)14)7-10-9(2)4-6-15-10/h4,6H,3,5,7-8H2,1-2H3,(H,13,14). The Labute approximate surface area is 94.3 Å². The number of nitrogens with zero attached hydrogens (tertiary/aromatic N) is 1. The number of aryl methyl sites for hydroxylation is 1. The van der Waals surface area contributed by atoms with Crippen LogP contribution in [0, 0.1) is 6.92 Å². The number of hydrogen-bond donors (Lipinski definition) is 1. The van der Waals surface area contributed by atoms with Crippen molar-refractivity contribution >= 4 is 17.3 Å². The smallest absolute Gasteiger partial charge is 0.317 e. The summed E-state index contributed by atoms with van der Waals surface area (Å²) in [5.41, 5.74) is 1.26. The zero-order valence-corrected chi connectivity index (χ0v) is 10.0. The summed E-state index contributed by atoms with van der Waals surface area (Å²) < 4.78 is 0. The van der Waals surface area contributed by atoms with E-state index in [1.165, 1.54) is 10.4 Å². The number of carboxylic acids is 1. The second-order valence-corrected chi connectivity index (χ2v) is 4.63. The maximum atomic E-state index is 10.7. The summed E-state index contributed by atoms with van der Waals surface area (Å²) in [4.78, 5) is 13.9. The van der Waals surface area contributed by atoms with Crippen molar-refractivity contribution in [3.8, 4) is 0 Å². The molecule has 0 saturated heterocycles. The van der Waals surface area contributed by atoms with Crippen LogP contribution in [-0.2, 0) is 11.3 Å². The fourth-order valence-corrected chi connectivity index (χ4v) is 2.44. The van der Waals surface area contributed by atoms with Crippen LogP contribution in [0.4, 0.5) is 0 Å². The van der Waals surface area contributed by atoms with Gasteiger partial charge in [-0.15, -0.1) is 11.3 Å². The lowest BCUT2D eigenvalue weighted by Gasteiger charge is -2.18. The van der Waals surface area contributed by atoms with Crippen molar-refractivity contribution in [3.63, 3.8) is 0 Å². The van der Waals surface area contributed by atoms with Crippen molar-refractivity contribution in [2.45, 2.75) is 26.8 Å². The number of hydrogen-bond acceptors (Lipinski definition) is 3. The van der Waals surface area contributed by atoms with Crippen LogP contribution in [0.5, 0.6) is 0 Å². The molecule has 84 valence electrons. The topological polar surface area (TPSA) is 40.5 Å². The molecule has 0 aliphatic carbocycles. The van der Waals surface area contributed by atoms with Crippen LogP contribution in [0.2, 0.25) is 0 Å². The van der Waals surface area contributed by atoms with Crippen LogP contribution in [0.3, 0.4) is 0 Å². The van der Waals surface area contributed by atoms with E-state index in [1.807, 2.05) is 4.90 Å². The second kappa shape index (κ2) is 5.88. The number of rotatable bonds is 6. The van der Waals surface area contributed by atoms with Crippen molar-refractivity contribution in [1.82, 2.24) is 4.90 Å². The average molecular weight is 227 g/mol. The zero-order chi connectivity index (χ0) is 11.3. The number of carbonyl (C=O) groups is 1. The molecule has 0 aliphatic rings. The maximum absolute atomic E-state index is 10.7. The van der Waals surface area contributed by atoms with E-state index in [0.29, 0.717) is 0 Å². The molecule has 0 radical (unpaired) electrons. The zero-order valence-electron chi connectivity index (χ0n) is 9.19. The molecule has 4 heteroatoms. The highest BCUT2D eigenvalue weighted by molar-refractivity contribution is 7.10. The summed E-state index contributed by atoms with van der Waals surface area (Å²) in [6.07, 6.45) is 0.984. The van der Waals surface area contributed by atoms with Crippen LogP contribution < -0.4 is 0 Å². The van der Waals surface area contributed by atoms with Gasteiger partial charge in [0.05, 0.1) is 6.54 Å². The number of thiophene rings is 1. The first kappa shape index (κ1) is 12.2. The third kappa shape index (κ3) is 4.01. The van der Waals surface area contributed by atoms with E-state index in [-0.39, 0.29) is 6.54 Å². The molecule has 1 heterocycles. The first-order valence-electron chi connectivity index (χ1n) is 5.10. The molecule has 0 saturated carbocycles. The Hall–Kier alpha value is -0.870. The van der Waals surface area contributed by atoms with Crippen LogP contribution in [0.15, 0.2) is 11.4 Å². The second-order valence-electron chi connectivity index (χ2n) is 3.63. The Balaban J connectivity index is 2.58. The molecule has 1 N–H and O–H groups in total. The molecule has 1 aromatic rings. The summed E-state index contributed by atoms with van der Waals surface area (Å²) in [6, 6.07) is 2.07. The van der Waals surface area contributed by atoms with Gasteiger partial charge in [0.25, 0.3) is 0 Å². The van der Waals surface area contributed by atoms with Crippen LogP contribution >= 0.6 is 11.3 Å². The maximum Gasteiger partial charge on any atom is 0.317 e. The molecular weight excluding hydrogens is 210 g/mol. The van der Waals surface area contributed by atoms with Gasteiger partial charge in [0.2, 0.25) is 0 Å². The fourth-order valence-electron chi connectivity index (χ4n) is 1.49. The SMILES string of the molecule is CCCN(CC(=O)O)Cc1sccc1C. The minimum Gasteiger partial charge on any atom is -0.480 e. The average Bonchev–Trinajstić information content (AvgIpc) is 2.51. The van der Waals surface area contributed by atoms with E-state index in [0.717, 1.165) is 19.5 Å². The van der Waals surface area contributed by atoms with Gasteiger partial charge in [-0.1, -0.05) is 6.92 Å². The van der Waals surface area contributed by atoms with Gasteiger partial charge in [-0.05, 0) is 36.9 Å². The first-order valence-corrected chi connectivity index (χ1v) is 5.98. The van der Waals surface area contributed by atoms with Crippen LogP contribution in [-0.4, -0.2) is 29.1 Å². The monoisotopic (exact) mass is 227 g/mol. The molecule has 0 aliphatic heterocycles. The van der Waals surface area contributed by atoms with Gasteiger partial charge < -0.3 is 5.11 Å². The third-order valence-electron chi connectivity index (χ3n) is 2.23. The molecule has 0 fully saturated rings. The minimum atomic E-state index is -0.752. The lowest BCUT2D eigenvalue weighted by molar-refractivity contribution is -0.138. The first-order chi connectivity index (χ1) is 7.13. The predicted octanol–water partition coefficient (Wildman–Crippen LogP) is 2.35. The van der Waals surface area contributed by atoms with E-state index in [2.05, 4.69) is 25.3 Å². The van der Waals surface area contributed by atoms with E-state index >= 15 is 0 Å². The van der Waals surface area contributed by atoms with E-state index < -0.39 is 5.97 Å². The van der Waals surface area contributed by atoms with Gasteiger partial charge in [0, 0.05) is 11.4 Å². The molecule has 0 aromatic carbocycles. The van der Waals surface area contributed by atoms with Crippen LogP contribution in [0.1, 0.15) is 23.8 Å². The Kier molecular flexibility index (Phi) is 4.78. The number of aliphatic carboxylic acids is 1. The van der Waals surface area contributed by atoms with Crippen molar-refractivity contribution in [2.75, 3.05) is 13.1 Å². The van der Waals surface area contributed by atoms with Gasteiger partial charge >= 0.3 is 5.97 Å². The van der Waals surface area contributed by atoms with Crippen molar-refractivity contribution in [1.29, 1.82) is 0 Å². The summed E-state index contributed by atoms with van der Waals surface area (Å²) in [6.45, 7) is 5.85. The molecule has 0 atom stereocenters. The van der Waals surface area contributed by atoms with Gasteiger partial charge in [0.1, 0.15) is 0 Å². The highest BCUT2D eigenvalue weighted by Gasteiger charge is 2.11. The lowest BCUT2D eigenvalue weighted by atomic mass is 10.2. The Bertz CT molecular complexity index is 322. The summed E-state index contributed by atoms with van der Waals surface area (Å²) in [5, 5.41) is 10.8. The Morgan fingerprint density at radius 3 is 2.80 bits per heavy atom.